The summed E-state index contributed by atoms with van der Waals surface area (Å²) in [6.07, 6.45) is 9.35. The maximum absolute atomic E-state index is 5.51. The van der Waals surface area contributed by atoms with Gasteiger partial charge in [0.1, 0.15) is 0 Å². The summed E-state index contributed by atoms with van der Waals surface area (Å²) in [5, 5.41) is 3.72. The Hall–Kier alpha value is -0.0800. The first-order valence-electron chi connectivity index (χ1n) is 8.03. The van der Waals surface area contributed by atoms with Crippen molar-refractivity contribution >= 4 is 0 Å². The topological polar surface area (TPSA) is 21.3 Å². The van der Waals surface area contributed by atoms with E-state index in [0.717, 1.165) is 50.5 Å². The van der Waals surface area contributed by atoms with Crippen LogP contribution in [-0.4, -0.2) is 25.8 Å². The Morgan fingerprint density at radius 3 is 2.78 bits per heavy atom. The van der Waals surface area contributed by atoms with Crippen molar-refractivity contribution in [2.45, 2.75) is 71.8 Å². The summed E-state index contributed by atoms with van der Waals surface area (Å²) in [5.41, 5.74) is 0. The zero-order valence-corrected chi connectivity index (χ0v) is 12.7. The molecule has 0 spiro atoms. The average Bonchev–Trinajstić information content (AvgIpc) is 2.33. The van der Waals surface area contributed by atoms with Gasteiger partial charge in [-0.05, 0) is 50.5 Å². The third-order valence-electron chi connectivity index (χ3n) is 3.83. The lowest BCUT2D eigenvalue weighted by atomic mass is 9.81. The SMILES string of the molecule is CCCOCCCNC1CCCC(CC(C)C)C1. The molecule has 0 bridgehead atoms. The van der Waals surface area contributed by atoms with Crippen LogP contribution in [0.1, 0.15) is 65.7 Å². The largest absolute Gasteiger partial charge is 0.381 e. The molecule has 0 amide bonds. The van der Waals surface area contributed by atoms with E-state index < -0.39 is 0 Å². The molecule has 0 radical (unpaired) electrons. The van der Waals surface area contributed by atoms with E-state index in [2.05, 4.69) is 26.1 Å². The van der Waals surface area contributed by atoms with Gasteiger partial charge in [-0.2, -0.15) is 0 Å². The predicted molar refractivity (Wildman–Crippen MR) is 78.9 cm³/mol. The van der Waals surface area contributed by atoms with Crippen molar-refractivity contribution in [3.63, 3.8) is 0 Å². The highest BCUT2D eigenvalue weighted by Crippen LogP contribution is 2.29. The van der Waals surface area contributed by atoms with Crippen LogP contribution in [0.4, 0.5) is 0 Å². The third kappa shape index (κ3) is 7.38. The fourth-order valence-electron chi connectivity index (χ4n) is 3.08. The van der Waals surface area contributed by atoms with E-state index in [1.807, 2.05) is 0 Å². The highest BCUT2D eigenvalue weighted by Gasteiger charge is 2.21. The second-order valence-electron chi connectivity index (χ2n) is 6.28. The van der Waals surface area contributed by atoms with Crippen LogP contribution in [0, 0.1) is 11.8 Å². The second-order valence-corrected chi connectivity index (χ2v) is 6.28. The van der Waals surface area contributed by atoms with Gasteiger partial charge in [0.2, 0.25) is 0 Å². The van der Waals surface area contributed by atoms with Crippen molar-refractivity contribution in [3.05, 3.63) is 0 Å². The number of nitrogens with one attached hydrogen (secondary N) is 1. The smallest absolute Gasteiger partial charge is 0.0478 e. The molecule has 1 N–H and O–H groups in total. The highest BCUT2D eigenvalue weighted by molar-refractivity contribution is 4.78. The lowest BCUT2D eigenvalue weighted by Crippen LogP contribution is -2.35. The van der Waals surface area contributed by atoms with Gasteiger partial charge in [-0.25, -0.2) is 0 Å². The van der Waals surface area contributed by atoms with Crippen LogP contribution < -0.4 is 5.32 Å². The second kappa shape index (κ2) is 9.80. The predicted octanol–water partition coefficient (Wildman–Crippen LogP) is 4.00. The van der Waals surface area contributed by atoms with Crippen LogP contribution in [0.25, 0.3) is 0 Å². The lowest BCUT2D eigenvalue weighted by molar-refractivity contribution is 0.130. The normalized spacial score (nSPS) is 24.7. The molecule has 0 heterocycles. The molecular weight excluding hydrogens is 222 g/mol. The Labute approximate surface area is 114 Å². The minimum Gasteiger partial charge on any atom is -0.381 e. The van der Waals surface area contributed by atoms with E-state index in [4.69, 9.17) is 4.74 Å². The van der Waals surface area contributed by atoms with Crippen molar-refractivity contribution in [3.8, 4) is 0 Å². The van der Waals surface area contributed by atoms with Crippen molar-refractivity contribution < 1.29 is 4.74 Å². The highest BCUT2D eigenvalue weighted by atomic mass is 16.5. The molecule has 1 rings (SSSR count). The van der Waals surface area contributed by atoms with E-state index in [9.17, 15) is 0 Å². The van der Waals surface area contributed by atoms with Gasteiger partial charge in [0.25, 0.3) is 0 Å². The van der Waals surface area contributed by atoms with Gasteiger partial charge in [0, 0.05) is 19.3 Å². The molecule has 1 aliphatic carbocycles. The Kier molecular flexibility index (Phi) is 8.70. The van der Waals surface area contributed by atoms with E-state index in [0.29, 0.717) is 0 Å². The lowest BCUT2D eigenvalue weighted by Gasteiger charge is -2.31. The van der Waals surface area contributed by atoms with Gasteiger partial charge >= 0.3 is 0 Å². The van der Waals surface area contributed by atoms with Crippen molar-refractivity contribution in [1.29, 1.82) is 0 Å². The molecule has 108 valence electrons. The number of hydrogen-bond acceptors (Lipinski definition) is 2. The molecule has 1 fully saturated rings. The molecule has 2 atom stereocenters. The maximum atomic E-state index is 5.51. The van der Waals surface area contributed by atoms with E-state index in [1.54, 1.807) is 0 Å². The van der Waals surface area contributed by atoms with E-state index in [1.165, 1.54) is 32.1 Å². The Bertz CT molecular complexity index is 194. The Morgan fingerprint density at radius 2 is 2.06 bits per heavy atom. The van der Waals surface area contributed by atoms with Crippen molar-refractivity contribution in [2.24, 2.45) is 11.8 Å². The molecule has 0 aliphatic heterocycles. The maximum Gasteiger partial charge on any atom is 0.0478 e. The first kappa shape index (κ1) is 16.0. The third-order valence-corrected chi connectivity index (χ3v) is 3.83. The average molecular weight is 255 g/mol. The number of hydrogen-bond donors (Lipinski definition) is 1. The summed E-state index contributed by atoms with van der Waals surface area (Å²) in [6.45, 7) is 9.82. The van der Waals surface area contributed by atoms with Crippen LogP contribution in [0.15, 0.2) is 0 Å². The van der Waals surface area contributed by atoms with Gasteiger partial charge in [-0.3, -0.25) is 0 Å². The molecule has 0 aromatic rings. The molecule has 1 aliphatic rings. The number of rotatable bonds is 9. The molecule has 2 unspecified atom stereocenters. The zero-order chi connectivity index (χ0) is 13.2. The Balaban J connectivity index is 2.03. The van der Waals surface area contributed by atoms with E-state index >= 15 is 0 Å². The molecule has 18 heavy (non-hydrogen) atoms. The molecule has 0 saturated heterocycles. The molecule has 0 aromatic carbocycles. The van der Waals surface area contributed by atoms with Gasteiger partial charge < -0.3 is 10.1 Å². The summed E-state index contributed by atoms with van der Waals surface area (Å²) in [4.78, 5) is 0. The molecule has 2 nitrogen and oxygen atoms in total. The fourth-order valence-corrected chi connectivity index (χ4v) is 3.08. The van der Waals surface area contributed by atoms with Crippen LogP contribution in [-0.2, 0) is 4.74 Å². The van der Waals surface area contributed by atoms with Crippen LogP contribution in [0.3, 0.4) is 0 Å². The monoisotopic (exact) mass is 255 g/mol. The Morgan fingerprint density at radius 1 is 1.22 bits per heavy atom. The minimum absolute atomic E-state index is 0.772. The number of ether oxygens (including phenoxy) is 1. The van der Waals surface area contributed by atoms with Crippen molar-refractivity contribution in [2.75, 3.05) is 19.8 Å². The molecule has 2 heteroatoms. The van der Waals surface area contributed by atoms with Crippen LogP contribution >= 0.6 is 0 Å². The fraction of sp³-hybridized carbons (Fsp3) is 1.00. The quantitative estimate of drug-likeness (QED) is 0.629. The standard InChI is InChI=1S/C16H33NO/c1-4-10-18-11-6-9-17-16-8-5-7-15(13-16)12-14(2)3/h14-17H,4-13H2,1-3H3. The van der Waals surface area contributed by atoms with Crippen LogP contribution in [0.5, 0.6) is 0 Å². The molecular formula is C16H33NO. The summed E-state index contributed by atoms with van der Waals surface area (Å²) in [5.74, 6) is 1.82. The first-order valence-corrected chi connectivity index (χ1v) is 8.03. The summed E-state index contributed by atoms with van der Waals surface area (Å²) in [6, 6.07) is 0.772. The minimum atomic E-state index is 0.772. The van der Waals surface area contributed by atoms with Gasteiger partial charge in [-0.1, -0.05) is 33.6 Å². The van der Waals surface area contributed by atoms with Crippen LogP contribution in [0.2, 0.25) is 0 Å². The summed E-state index contributed by atoms with van der Waals surface area (Å²) in [7, 11) is 0. The van der Waals surface area contributed by atoms with E-state index in [-0.39, 0.29) is 0 Å². The van der Waals surface area contributed by atoms with Crippen molar-refractivity contribution in [1.82, 2.24) is 5.32 Å². The van der Waals surface area contributed by atoms with Gasteiger partial charge in [0.15, 0.2) is 0 Å². The molecule has 1 saturated carbocycles. The zero-order valence-electron chi connectivity index (χ0n) is 12.7. The van der Waals surface area contributed by atoms with Gasteiger partial charge in [-0.15, -0.1) is 0 Å². The van der Waals surface area contributed by atoms with Gasteiger partial charge in [0.05, 0.1) is 0 Å². The summed E-state index contributed by atoms with van der Waals surface area (Å²) < 4.78 is 5.51. The first-order chi connectivity index (χ1) is 8.72. The summed E-state index contributed by atoms with van der Waals surface area (Å²) >= 11 is 0. The molecule has 0 aromatic heterocycles.